The normalized spacial score (nSPS) is 11.6. The lowest BCUT2D eigenvalue weighted by atomic mass is 9.97. The quantitative estimate of drug-likeness (QED) is 0.333. The van der Waals surface area contributed by atoms with Gasteiger partial charge in [-0.15, -0.1) is 0 Å². The number of fused-ring (bicyclic) bond motifs is 1. The molecule has 0 saturated carbocycles. The third-order valence-electron chi connectivity index (χ3n) is 4.77. The van der Waals surface area contributed by atoms with Crippen LogP contribution in [0.15, 0.2) is 65.4 Å². The zero-order valence-electron chi connectivity index (χ0n) is 15.7. The molecule has 3 nitrogen and oxygen atoms in total. The van der Waals surface area contributed by atoms with Gasteiger partial charge in [0.2, 0.25) is 0 Å². The summed E-state index contributed by atoms with van der Waals surface area (Å²) in [5, 5.41) is 15.0. The van der Waals surface area contributed by atoms with Crippen LogP contribution in [0.5, 0.6) is 5.75 Å². The average Bonchev–Trinajstić information content (AvgIpc) is 3.26. The highest BCUT2D eigenvalue weighted by atomic mass is 35.5. The Kier molecular flexibility index (Phi) is 5.64. The number of carboxylic acid groups (broad SMARTS) is 1. The molecule has 4 rings (SSSR count). The molecule has 1 N–H and O–H groups in total. The van der Waals surface area contributed by atoms with Gasteiger partial charge in [-0.25, -0.2) is 4.79 Å². The molecular weight excluding hydrogens is 449 g/mol. The first-order valence-electron chi connectivity index (χ1n) is 9.04. The van der Waals surface area contributed by atoms with Gasteiger partial charge in [0.1, 0.15) is 12.4 Å². The van der Waals surface area contributed by atoms with E-state index >= 15 is 0 Å². The Balaban J connectivity index is 1.68. The van der Waals surface area contributed by atoms with E-state index in [0.717, 1.165) is 28.6 Å². The van der Waals surface area contributed by atoms with Gasteiger partial charge in [-0.05, 0) is 81.2 Å². The minimum absolute atomic E-state index is 0.131. The smallest absolute Gasteiger partial charge is 0.416 e. The second-order valence-corrected chi connectivity index (χ2v) is 8.00. The summed E-state index contributed by atoms with van der Waals surface area (Å²) in [6.45, 7) is -0.162. The molecular formula is C23H14ClF3O3S. The lowest BCUT2D eigenvalue weighted by Gasteiger charge is -2.13. The highest BCUT2D eigenvalue weighted by molar-refractivity contribution is 7.08. The largest absolute Gasteiger partial charge is 0.489 e. The highest BCUT2D eigenvalue weighted by Crippen LogP contribution is 2.35. The van der Waals surface area contributed by atoms with Crippen molar-refractivity contribution in [2.24, 2.45) is 0 Å². The van der Waals surface area contributed by atoms with Crippen LogP contribution in [0.25, 0.3) is 21.9 Å². The van der Waals surface area contributed by atoms with E-state index in [1.807, 2.05) is 16.8 Å². The van der Waals surface area contributed by atoms with Crippen molar-refractivity contribution in [1.29, 1.82) is 0 Å². The molecule has 0 spiro atoms. The SMILES string of the molecule is O=C(O)c1cc(-c2ccsc2)c2ccc(OCc3cc(C(F)(F)F)ccc3Cl)cc2c1. The Hall–Kier alpha value is -3.03. The summed E-state index contributed by atoms with van der Waals surface area (Å²) in [6.07, 6.45) is -4.48. The first-order chi connectivity index (χ1) is 14.7. The van der Waals surface area contributed by atoms with Gasteiger partial charge in [-0.3, -0.25) is 0 Å². The van der Waals surface area contributed by atoms with Crippen LogP contribution < -0.4 is 4.74 Å². The van der Waals surface area contributed by atoms with Crippen molar-refractivity contribution in [2.75, 3.05) is 0 Å². The van der Waals surface area contributed by atoms with Crippen molar-refractivity contribution in [3.8, 4) is 16.9 Å². The minimum atomic E-state index is -4.48. The van der Waals surface area contributed by atoms with Crippen LogP contribution in [0, 0.1) is 0 Å². The van der Waals surface area contributed by atoms with Gasteiger partial charge in [-0.2, -0.15) is 24.5 Å². The number of benzene rings is 3. The summed E-state index contributed by atoms with van der Waals surface area (Å²) in [6, 6.07) is 13.3. The van der Waals surface area contributed by atoms with Gasteiger partial charge >= 0.3 is 12.1 Å². The van der Waals surface area contributed by atoms with Crippen molar-refractivity contribution >= 4 is 39.7 Å². The topological polar surface area (TPSA) is 46.5 Å². The van der Waals surface area contributed by atoms with E-state index in [0.29, 0.717) is 11.1 Å². The molecule has 0 amide bonds. The standard InChI is InChI=1S/C23H14ClF3O3S/c24-21-4-1-17(23(25,26)27)8-16(21)11-30-18-2-3-19-14(9-18)7-15(22(28)29)10-20(19)13-5-6-31-12-13/h1-10,12H,11H2,(H,28,29). The number of rotatable bonds is 5. The Labute approximate surface area is 184 Å². The number of carboxylic acids is 1. The Bertz CT molecular complexity index is 1270. The van der Waals surface area contributed by atoms with Crippen molar-refractivity contribution in [2.45, 2.75) is 12.8 Å². The van der Waals surface area contributed by atoms with E-state index in [-0.39, 0.29) is 22.8 Å². The molecule has 158 valence electrons. The first-order valence-corrected chi connectivity index (χ1v) is 10.4. The summed E-state index contributed by atoms with van der Waals surface area (Å²) in [4.78, 5) is 11.6. The molecule has 1 heterocycles. The van der Waals surface area contributed by atoms with Crippen LogP contribution in [0.3, 0.4) is 0 Å². The van der Waals surface area contributed by atoms with E-state index in [4.69, 9.17) is 16.3 Å². The summed E-state index contributed by atoms with van der Waals surface area (Å²) >= 11 is 7.53. The van der Waals surface area contributed by atoms with E-state index < -0.39 is 17.7 Å². The van der Waals surface area contributed by atoms with E-state index in [2.05, 4.69) is 0 Å². The van der Waals surface area contributed by atoms with Crippen molar-refractivity contribution in [3.05, 3.63) is 87.1 Å². The lowest BCUT2D eigenvalue weighted by molar-refractivity contribution is -0.137. The molecule has 0 fully saturated rings. The van der Waals surface area contributed by atoms with E-state index in [9.17, 15) is 23.1 Å². The molecule has 4 aromatic rings. The van der Waals surface area contributed by atoms with Crippen LogP contribution >= 0.6 is 22.9 Å². The predicted molar refractivity (Wildman–Crippen MR) is 115 cm³/mol. The maximum atomic E-state index is 13.0. The first kappa shape index (κ1) is 21.2. The number of aromatic carboxylic acids is 1. The zero-order valence-corrected chi connectivity index (χ0v) is 17.3. The number of alkyl halides is 3. The molecule has 1 aromatic heterocycles. The fraction of sp³-hybridized carbons (Fsp3) is 0.0870. The van der Waals surface area contributed by atoms with Gasteiger partial charge in [0, 0.05) is 10.6 Å². The average molecular weight is 463 g/mol. The second-order valence-electron chi connectivity index (χ2n) is 6.82. The predicted octanol–water partition coefficient (Wildman–Crippen LogP) is 7.52. The third kappa shape index (κ3) is 4.52. The number of thiophene rings is 1. The third-order valence-corrected chi connectivity index (χ3v) is 5.82. The fourth-order valence-corrected chi connectivity index (χ4v) is 4.07. The molecule has 0 bridgehead atoms. The molecule has 0 atom stereocenters. The summed E-state index contributed by atoms with van der Waals surface area (Å²) in [7, 11) is 0. The van der Waals surface area contributed by atoms with Gasteiger partial charge in [0.25, 0.3) is 0 Å². The monoisotopic (exact) mass is 462 g/mol. The fourth-order valence-electron chi connectivity index (χ4n) is 3.24. The van der Waals surface area contributed by atoms with Crippen molar-refractivity contribution in [3.63, 3.8) is 0 Å². The van der Waals surface area contributed by atoms with Gasteiger partial charge < -0.3 is 9.84 Å². The molecule has 0 aliphatic carbocycles. The summed E-state index contributed by atoms with van der Waals surface area (Å²) in [5.41, 5.74) is 1.22. The van der Waals surface area contributed by atoms with Gasteiger partial charge in [0.15, 0.2) is 0 Å². The Morgan fingerprint density at radius 2 is 1.87 bits per heavy atom. The molecule has 8 heteroatoms. The molecule has 0 saturated heterocycles. The maximum Gasteiger partial charge on any atom is 0.416 e. The minimum Gasteiger partial charge on any atom is -0.489 e. The van der Waals surface area contributed by atoms with Crippen LogP contribution in [0.4, 0.5) is 13.2 Å². The zero-order chi connectivity index (χ0) is 22.2. The number of ether oxygens (including phenoxy) is 1. The highest BCUT2D eigenvalue weighted by Gasteiger charge is 2.30. The summed E-state index contributed by atoms with van der Waals surface area (Å²) in [5.74, 6) is -0.666. The van der Waals surface area contributed by atoms with Gasteiger partial charge in [-0.1, -0.05) is 17.7 Å². The Morgan fingerprint density at radius 1 is 1.06 bits per heavy atom. The number of carbonyl (C=O) groups is 1. The summed E-state index contributed by atoms with van der Waals surface area (Å²) < 4.78 is 44.6. The van der Waals surface area contributed by atoms with E-state index in [1.54, 1.807) is 24.3 Å². The molecule has 0 aliphatic heterocycles. The number of halogens is 4. The molecule has 3 aromatic carbocycles. The van der Waals surface area contributed by atoms with Crippen LogP contribution in [-0.2, 0) is 12.8 Å². The van der Waals surface area contributed by atoms with Crippen LogP contribution in [0.2, 0.25) is 5.02 Å². The maximum absolute atomic E-state index is 13.0. The van der Waals surface area contributed by atoms with E-state index in [1.165, 1.54) is 23.5 Å². The molecule has 0 radical (unpaired) electrons. The molecule has 0 unspecified atom stereocenters. The van der Waals surface area contributed by atoms with Crippen molar-refractivity contribution in [1.82, 2.24) is 0 Å². The number of hydrogen-bond donors (Lipinski definition) is 1. The lowest BCUT2D eigenvalue weighted by Crippen LogP contribution is -2.06. The second kappa shape index (κ2) is 8.24. The molecule has 31 heavy (non-hydrogen) atoms. The van der Waals surface area contributed by atoms with Crippen molar-refractivity contribution < 1.29 is 27.8 Å². The molecule has 0 aliphatic rings. The number of hydrogen-bond acceptors (Lipinski definition) is 3. The van der Waals surface area contributed by atoms with Gasteiger partial charge in [0.05, 0.1) is 11.1 Å². The van der Waals surface area contributed by atoms with Crippen LogP contribution in [0.1, 0.15) is 21.5 Å². The Morgan fingerprint density at radius 3 is 2.55 bits per heavy atom. The van der Waals surface area contributed by atoms with Crippen LogP contribution in [-0.4, -0.2) is 11.1 Å².